The Morgan fingerprint density at radius 1 is 1.23 bits per heavy atom. The molecule has 2 N–H and O–H groups in total. The number of guanidine groups is 1. The lowest BCUT2D eigenvalue weighted by Crippen LogP contribution is -2.38. The molecule has 0 saturated heterocycles. The van der Waals surface area contributed by atoms with Gasteiger partial charge in [0.1, 0.15) is 0 Å². The number of aliphatic imine (C=N–C) groups is 1. The largest absolute Gasteiger partial charge is 0.385 e. The van der Waals surface area contributed by atoms with Gasteiger partial charge in [-0.15, -0.1) is 24.0 Å². The normalized spacial score (nSPS) is 12.4. The molecule has 0 radical (unpaired) electrons. The fraction of sp³-hybridized carbons (Fsp3) is 0.588. The summed E-state index contributed by atoms with van der Waals surface area (Å²) in [5.74, 6) is 1.45. The van der Waals surface area contributed by atoms with Crippen molar-refractivity contribution in [1.29, 1.82) is 0 Å². The van der Waals surface area contributed by atoms with Crippen LogP contribution < -0.4 is 10.6 Å². The van der Waals surface area contributed by atoms with Gasteiger partial charge >= 0.3 is 0 Å². The molecule has 0 aliphatic carbocycles. The Labute approximate surface area is 152 Å². The molecule has 22 heavy (non-hydrogen) atoms. The van der Waals surface area contributed by atoms with Crippen LogP contribution in [0.25, 0.3) is 0 Å². The first-order valence-electron chi connectivity index (χ1n) is 7.84. The third-order valence-electron chi connectivity index (χ3n) is 3.36. The Bertz CT molecular complexity index is 398. The van der Waals surface area contributed by atoms with E-state index in [0.717, 1.165) is 45.0 Å². The molecule has 0 aromatic heterocycles. The number of rotatable bonds is 9. The zero-order chi connectivity index (χ0) is 15.3. The third kappa shape index (κ3) is 9.25. The van der Waals surface area contributed by atoms with Crippen LogP contribution >= 0.6 is 24.0 Å². The first-order chi connectivity index (χ1) is 10.3. The number of hydrogen-bond acceptors (Lipinski definition) is 2. The maximum absolute atomic E-state index is 5.04. The molecule has 0 fully saturated rings. The first-order valence-corrected chi connectivity index (χ1v) is 7.84. The van der Waals surface area contributed by atoms with Crippen LogP contribution in [-0.4, -0.2) is 39.3 Å². The second-order valence-corrected chi connectivity index (χ2v) is 5.13. The highest BCUT2D eigenvalue weighted by Crippen LogP contribution is 2.17. The summed E-state index contributed by atoms with van der Waals surface area (Å²) in [6, 6.07) is 10.6. The van der Waals surface area contributed by atoms with Gasteiger partial charge in [0.25, 0.3) is 0 Å². The summed E-state index contributed by atoms with van der Waals surface area (Å²) in [5, 5.41) is 6.67. The van der Waals surface area contributed by atoms with Gasteiger partial charge < -0.3 is 15.4 Å². The number of hydrogen-bond donors (Lipinski definition) is 2. The lowest BCUT2D eigenvalue weighted by molar-refractivity contribution is 0.197. The molecule has 5 heteroatoms. The zero-order valence-corrected chi connectivity index (χ0v) is 16.3. The molecule has 0 spiro atoms. The highest BCUT2D eigenvalue weighted by molar-refractivity contribution is 14.0. The van der Waals surface area contributed by atoms with Gasteiger partial charge in [0.05, 0.1) is 0 Å². The molecule has 1 aromatic carbocycles. The van der Waals surface area contributed by atoms with Crippen LogP contribution in [0.15, 0.2) is 35.3 Å². The van der Waals surface area contributed by atoms with E-state index in [1.165, 1.54) is 5.56 Å². The standard InChI is InChI=1S/C17H29N3O.HI/c1-4-18-17(19-12-8-14-21-3)20-13-11-15(2)16-9-6-5-7-10-16;/h5-7,9-10,15H,4,8,11-14H2,1-3H3,(H2,18,19,20);1H. The maximum Gasteiger partial charge on any atom is 0.191 e. The molecule has 1 atom stereocenters. The Balaban J connectivity index is 0.00000441. The van der Waals surface area contributed by atoms with Crippen LogP contribution in [0.5, 0.6) is 0 Å². The second-order valence-electron chi connectivity index (χ2n) is 5.13. The third-order valence-corrected chi connectivity index (χ3v) is 3.36. The summed E-state index contributed by atoms with van der Waals surface area (Å²) >= 11 is 0. The van der Waals surface area contributed by atoms with Gasteiger partial charge in [0.15, 0.2) is 5.96 Å². The van der Waals surface area contributed by atoms with Gasteiger partial charge in [-0.25, -0.2) is 0 Å². The van der Waals surface area contributed by atoms with Gasteiger partial charge in [0, 0.05) is 33.4 Å². The highest BCUT2D eigenvalue weighted by Gasteiger charge is 2.05. The first kappa shape index (κ1) is 21.2. The molecular formula is C17H30IN3O. The molecule has 0 saturated carbocycles. The van der Waals surface area contributed by atoms with Crippen molar-refractivity contribution in [3.63, 3.8) is 0 Å². The predicted octanol–water partition coefficient (Wildman–Crippen LogP) is 3.39. The summed E-state index contributed by atoms with van der Waals surface area (Å²) in [7, 11) is 1.72. The van der Waals surface area contributed by atoms with Crippen molar-refractivity contribution in [2.45, 2.75) is 32.6 Å². The van der Waals surface area contributed by atoms with E-state index in [1.54, 1.807) is 7.11 Å². The average Bonchev–Trinajstić information content (AvgIpc) is 2.52. The van der Waals surface area contributed by atoms with E-state index < -0.39 is 0 Å². The van der Waals surface area contributed by atoms with Crippen LogP contribution in [0, 0.1) is 0 Å². The molecule has 0 aliphatic rings. The quantitative estimate of drug-likeness (QED) is 0.279. The maximum atomic E-state index is 5.04. The SMILES string of the molecule is CCNC(=NCCCOC)NCCC(C)c1ccccc1.I. The van der Waals surface area contributed by atoms with E-state index >= 15 is 0 Å². The number of ether oxygens (including phenoxy) is 1. The lowest BCUT2D eigenvalue weighted by Gasteiger charge is -2.15. The number of nitrogens with one attached hydrogen (secondary N) is 2. The summed E-state index contributed by atoms with van der Waals surface area (Å²) in [6.07, 6.45) is 2.04. The van der Waals surface area contributed by atoms with E-state index in [1.807, 2.05) is 0 Å². The molecule has 126 valence electrons. The summed E-state index contributed by atoms with van der Waals surface area (Å²) in [4.78, 5) is 4.53. The van der Waals surface area contributed by atoms with Crippen molar-refractivity contribution < 1.29 is 4.74 Å². The van der Waals surface area contributed by atoms with Crippen molar-refractivity contribution in [2.24, 2.45) is 4.99 Å². The van der Waals surface area contributed by atoms with E-state index in [4.69, 9.17) is 4.74 Å². The Morgan fingerprint density at radius 3 is 2.59 bits per heavy atom. The average molecular weight is 419 g/mol. The van der Waals surface area contributed by atoms with E-state index in [9.17, 15) is 0 Å². The molecule has 1 unspecified atom stereocenters. The lowest BCUT2D eigenvalue weighted by atomic mass is 9.98. The highest BCUT2D eigenvalue weighted by atomic mass is 127. The monoisotopic (exact) mass is 419 g/mol. The number of benzene rings is 1. The molecule has 0 aliphatic heterocycles. The van der Waals surface area contributed by atoms with E-state index in [2.05, 4.69) is 59.8 Å². The van der Waals surface area contributed by atoms with Gasteiger partial charge in [-0.2, -0.15) is 0 Å². The van der Waals surface area contributed by atoms with Crippen molar-refractivity contribution in [3.05, 3.63) is 35.9 Å². The minimum absolute atomic E-state index is 0. The fourth-order valence-electron chi connectivity index (χ4n) is 2.10. The van der Waals surface area contributed by atoms with Gasteiger partial charge in [-0.3, -0.25) is 4.99 Å². The van der Waals surface area contributed by atoms with Crippen LogP contribution in [-0.2, 0) is 4.74 Å². The molecule has 0 amide bonds. The zero-order valence-electron chi connectivity index (χ0n) is 14.0. The number of halogens is 1. The summed E-state index contributed by atoms with van der Waals surface area (Å²) in [6.45, 7) is 7.69. The topological polar surface area (TPSA) is 45.7 Å². The van der Waals surface area contributed by atoms with Crippen LogP contribution in [0.2, 0.25) is 0 Å². The van der Waals surface area contributed by atoms with Gasteiger partial charge in [0.2, 0.25) is 0 Å². The second kappa shape index (κ2) is 13.8. The Kier molecular flexibility index (Phi) is 13.3. The minimum Gasteiger partial charge on any atom is -0.385 e. The van der Waals surface area contributed by atoms with Crippen LogP contribution in [0.1, 0.15) is 38.2 Å². The molecular weight excluding hydrogens is 389 g/mol. The number of methoxy groups -OCH3 is 1. The van der Waals surface area contributed by atoms with Crippen molar-refractivity contribution in [1.82, 2.24) is 10.6 Å². The Hall–Kier alpha value is -0.820. The predicted molar refractivity (Wildman–Crippen MR) is 105 cm³/mol. The molecule has 0 heterocycles. The molecule has 1 rings (SSSR count). The smallest absolute Gasteiger partial charge is 0.191 e. The van der Waals surface area contributed by atoms with Crippen molar-refractivity contribution in [3.8, 4) is 0 Å². The van der Waals surface area contributed by atoms with Crippen LogP contribution in [0.4, 0.5) is 0 Å². The fourth-order valence-corrected chi connectivity index (χ4v) is 2.10. The molecule has 1 aromatic rings. The van der Waals surface area contributed by atoms with Crippen LogP contribution in [0.3, 0.4) is 0 Å². The number of nitrogens with zero attached hydrogens (tertiary/aromatic N) is 1. The van der Waals surface area contributed by atoms with E-state index in [0.29, 0.717) is 5.92 Å². The minimum atomic E-state index is 0. The van der Waals surface area contributed by atoms with Crippen molar-refractivity contribution >= 4 is 29.9 Å². The Morgan fingerprint density at radius 2 is 1.95 bits per heavy atom. The summed E-state index contributed by atoms with van der Waals surface area (Å²) in [5.41, 5.74) is 1.39. The van der Waals surface area contributed by atoms with Gasteiger partial charge in [-0.05, 0) is 31.2 Å². The van der Waals surface area contributed by atoms with E-state index in [-0.39, 0.29) is 24.0 Å². The molecule has 4 nitrogen and oxygen atoms in total. The molecule has 0 bridgehead atoms. The van der Waals surface area contributed by atoms with Gasteiger partial charge in [-0.1, -0.05) is 37.3 Å². The summed E-state index contributed by atoms with van der Waals surface area (Å²) < 4.78 is 5.04. The van der Waals surface area contributed by atoms with Crippen molar-refractivity contribution in [2.75, 3.05) is 33.4 Å².